The van der Waals surface area contributed by atoms with Crippen LogP contribution in [0.25, 0.3) is 0 Å². The summed E-state index contributed by atoms with van der Waals surface area (Å²) in [6, 6.07) is -0.435. The molecule has 5 heteroatoms. The van der Waals surface area contributed by atoms with Crippen LogP contribution in [-0.4, -0.2) is 29.6 Å². The molecule has 5 nitrogen and oxygen atoms in total. The number of nitrogens with two attached hydrogens (primary N) is 1. The molecule has 0 unspecified atom stereocenters. The second kappa shape index (κ2) is 7.48. The van der Waals surface area contributed by atoms with Crippen LogP contribution >= 0.6 is 0 Å². The molecule has 0 saturated heterocycles. The molecule has 0 radical (unpaired) electrons. The fraction of sp³-hybridized carbons (Fsp3) is 0.857. The molecule has 0 aromatic heterocycles. The van der Waals surface area contributed by atoms with Crippen molar-refractivity contribution in [3.8, 4) is 0 Å². The minimum Gasteiger partial charge on any atom is -0.481 e. The van der Waals surface area contributed by atoms with Crippen LogP contribution in [0.2, 0.25) is 0 Å². The molecule has 1 aliphatic rings. The highest BCUT2D eigenvalue weighted by atomic mass is 16.4. The van der Waals surface area contributed by atoms with E-state index in [0.717, 1.165) is 12.8 Å². The van der Waals surface area contributed by atoms with Crippen molar-refractivity contribution in [3.05, 3.63) is 0 Å². The van der Waals surface area contributed by atoms with Crippen molar-refractivity contribution >= 4 is 11.9 Å². The van der Waals surface area contributed by atoms with Crippen molar-refractivity contribution in [3.63, 3.8) is 0 Å². The molecule has 1 amide bonds. The van der Waals surface area contributed by atoms with Crippen LogP contribution < -0.4 is 11.1 Å². The van der Waals surface area contributed by atoms with Gasteiger partial charge in [-0.25, -0.2) is 0 Å². The molecule has 0 aromatic carbocycles. The van der Waals surface area contributed by atoms with E-state index in [9.17, 15) is 9.59 Å². The normalized spacial score (nSPS) is 25.1. The average Bonchev–Trinajstić information content (AvgIpc) is 2.35. The van der Waals surface area contributed by atoms with Gasteiger partial charge in [-0.3, -0.25) is 9.59 Å². The third kappa shape index (κ3) is 5.59. The topological polar surface area (TPSA) is 92.4 Å². The highest BCUT2D eigenvalue weighted by Crippen LogP contribution is 2.28. The van der Waals surface area contributed by atoms with Crippen molar-refractivity contribution < 1.29 is 14.7 Å². The van der Waals surface area contributed by atoms with Crippen LogP contribution in [0.4, 0.5) is 0 Å². The molecular weight excluding hydrogens is 244 g/mol. The van der Waals surface area contributed by atoms with Crippen LogP contribution in [0.15, 0.2) is 0 Å². The predicted octanol–water partition coefficient (Wildman–Crippen LogP) is 1.37. The van der Waals surface area contributed by atoms with Crippen LogP contribution in [0, 0.1) is 17.8 Å². The quantitative estimate of drug-likeness (QED) is 0.679. The number of carboxylic acid groups (broad SMARTS) is 1. The Hall–Kier alpha value is -1.10. The molecule has 110 valence electrons. The number of rotatable bonds is 6. The zero-order valence-corrected chi connectivity index (χ0v) is 11.9. The molecule has 0 bridgehead atoms. The van der Waals surface area contributed by atoms with Gasteiger partial charge in [0.05, 0.1) is 12.0 Å². The van der Waals surface area contributed by atoms with Gasteiger partial charge in [-0.15, -0.1) is 0 Å². The summed E-state index contributed by atoms with van der Waals surface area (Å²) in [5.41, 5.74) is 5.81. The fourth-order valence-corrected chi connectivity index (χ4v) is 2.60. The number of carboxylic acids is 1. The molecule has 4 N–H and O–H groups in total. The summed E-state index contributed by atoms with van der Waals surface area (Å²) >= 11 is 0. The van der Waals surface area contributed by atoms with Crippen LogP contribution in [0.5, 0.6) is 0 Å². The Bertz CT molecular complexity index is 310. The second-order valence-corrected chi connectivity index (χ2v) is 6.04. The smallest absolute Gasteiger partial charge is 0.306 e. The summed E-state index contributed by atoms with van der Waals surface area (Å²) in [5, 5.41) is 11.8. The van der Waals surface area contributed by atoms with Crippen LogP contribution in [0.1, 0.15) is 46.0 Å². The van der Waals surface area contributed by atoms with E-state index in [-0.39, 0.29) is 11.8 Å². The largest absolute Gasteiger partial charge is 0.481 e. The summed E-state index contributed by atoms with van der Waals surface area (Å²) in [4.78, 5) is 22.6. The molecule has 1 rings (SSSR count). The minimum absolute atomic E-state index is 0.0888. The van der Waals surface area contributed by atoms with Gasteiger partial charge in [0, 0.05) is 6.54 Å². The maximum absolute atomic E-state index is 11.8. The van der Waals surface area contributed by atoms with Gasteiger partial charge in [0.1, 0.15) is 0 Å². The van der Waals surface area contributed by atoms with E-state index >= 15 is 0 Å². The van der Waals surface area contributed by atoms with E-state index in [1.807, 2.05) is 13.8 Å². The first-order valence-corrected chi connectivity index (χ1v) is 7.16. The Labute approximate surface area is 114 Å². The van der Waals surface area contributed by atoms with Gasteiger partial charge in [-0.2, -0.15) is 0 Å². The van der Waals surface area contributed by atoms with Gasteiger partial charge in [0.25, 0.3) is 0 Å². The van der Waals surface area contributed by atoms with E-state index in [2.05, 4.69) is 5.32 Å². The maximum Gasteiger partial charge on any atom is 0.306 e. The minimum atomic E-state index is -0.693. The monoisotopic (exact) mass is 270 g/mol. The maximum atomic E-state index is 11.8. The lowest BCUT2D eigenvalue weighted by Gasteiger charge is -2.26. The molecule has 0 aliphatic heterocycles. The van der Waals surface area contributed by atoms with E-state index in [4.69, 9.17) is 10.8 Å². The molecule has 0 heterocycles. The molecule has 1 fully saturated rings. The first-order valence-electron chi connectivity index (χ1n) is 7.16. The van der Waals surface area contributed by atoms with Gasteiger partial charge >= 0.3 is 5.97 Å². The standard InChI is InChI=1S/C14H26N2O3/c1-9(2)7-12(15)13(17)16-8-10-3-5-11(6-4-10)14(18)19/h9-12H,3-8,15H2,1-2H3,(H,16,17)(H,18,19)/t10?,11?,12-/m1/s1. The summed E-state index contributed by atoms with van der Waals surface area (Å²) in [5.74, 6) is -0.178. The number of carbonyl (C=O) groups is 2. The van der Waals surface area contributed by atoms with Gasteiger partial charge in [0.15, 0.2) is 0 Å². The number of hydrogen-bond acceptors (Lipinski definition) is 3. The van der Waals surface area contributed by atoms with Crippen molar-refractivity contribution in [2.24, 2.45) is 23.5 Å². The third-order valence-electron chi connectivity index (χ3n) is 3.82. The Morgan fingerprint density at radius 3 is 2.32 bits per heavy atom. The van der Waals surface area contributed by atoms with Gasteiger partial charge in [-0.1, -0.05) is 13.8 Å². The number of carbonyl (C=O) groups excluding carboxylic acids is 1. The third-order valence-corrected chi connectivity index (χ3v) is 3.82. The number of hydrogen-bond donors (Lipinski definition) is 3. The molecule has 19 heavy (non-hydrogen) atoms. The molecule has 1 atom stereocenters. The summed E-state index contributed by atoms with van der Waals surface area (Å²) in [6.07, 6.45) is 3.87. The van der Waals surface area contributed by atoms with Gasteiger partial charge < -0.3 is 16.2 Å². The molecule has 0 spiro atoms. The van der Waals surface area contributed by atoms with E-state index < -0.39 is 12.0 Å². The van der Waals surface area contributed by atoms with E-state index in [1.54, 1.807) is 0 Å². The highest BCUT2D eigenvalue weighted by molar-refractivity contribution is 5.81. The lowest BCUT2D eigenvalue weighted by atomic mass is 9.82. The summed E-state index contributed by atoms with van der Waals surface area (Å²) in [7, 11) is 0. The molecule has 1 aliphatic carbocycles. The molecule has 1 saturated carbocycles. The zero-order valence-electron chi connectivity index (χ0n) is 11.9. The van der Waals surface area contributed by atoms with E-state index in [1.165, 1.54) is 0 Å². The average molecular weight is 270 g/mol. The lowest BCUT2D eigenvalue weighted by Crippen LogP contribution is -2.43. The Morgan fingerprint density at radius 1 is 1.26 bits per heavy atom. The Morgan fingerprint density at radius 2 is 1.84 bits per heavy atom. The summed E-state index contributed by atoms with van der Waals surface area (Å²) < 4.78 is 0. The number of nitrogens with one attached hydrogen (secondary N) is 1. The van der Waals surface area contributed by atoms with Crippen molar-refractivity contribution in [1.29, 1.82) is 0 Å². The Kier molecular flexibility index (Phi) is 6.28. The van der Waals surface area contributed by atoms with Crippen LogP contribution in [0.3, 0.4) is 0 Å². The molecule has 0 aromatic rings. The lowest BCUT2D eigenvalue weighted by molar-refractivity contribution is -0.143. The number of amides is 1. The molecular formula is C14H26N2O3. The summed E-state index contributed by atoms with van der Waals surface area (Å²) in [6.45, 7) is 4.71. The van der Waals surface area contributed by atoms with E-state index in [0.29, 0.717) is 37.6 Å². The zero-order chi connectivity index (χ0) is 14.4. The number of aliphatic carboxylic acids is 1. The van der Waals surface area contributed by atoms with Crippen molar-refractivity contribution in [1.82, 2.24) is 5.32 Å². The van der Waals surface area contributed by atoms with Crippen molar-refractivity contribution in [2.75, 3.05) is 6.54 Å². The van der Waals surface area contributed by atoms with Gasteiger partial charge in [0.2, 0.25) is 5.91 Å². The fourth-order valence-electron chi connectivity index (χ4n) is 2.60. The first kappa shape index (κ1) is 16.0. The van der Waals surface area contributed by atoms with Crippen molar-refractivity contribution in [2.45, 2.75) is 52.0 Å². The highest BCUT2D eigenvalue weighted by Gasteiger charge is 2.26. The predicted molar refractivity (Wildman–Crippen MR) is 73.5 cm³/mol. The second-order valence-electron chi connectivity index (χ2n) is 6.04. The SMILES string of the molecule is CC(C)C[C@@H](N)C(=O)NCC1CCC(C(=O)O)CC1. The first-order chi connectivity index (χ1) is 8.90. The Balaban J connectivity index is 2.23. The van der Waals surface area contributed by atoms with Crippen LogP contribution in [-0.2, 0) is 9.59 Å². The van der Waals surface area contributed by atoms with Gasteiger partial charge in [-0.05, 0) is 43.9 Å².